The van der Waals surface area contributed by atoms with E-state index in [1.807, 2.05) is 0 Å². The first-order valence-electron chi connectivity index (χ1n) is 4.03. The van der Waals surface area contributed by atoms with Gasteiger partial charge in [-0.2, -0.15) is 12.2 Å². The van der Waals surface area contributed by atoms with Crippen molar-refractivity contribution in [3.05, 3.63) is 33.9 Å². The molecule has 9 nitrogen and oxygen atoms in total. The van der Waals surface area contributed by atoms with Gasteiger partial charge in [-0.25, -0.2) is 26.4 Å². The summed E-state index contributed by atoms with van der Waals surface area (Å²) in [5, 5.41) is 60.1. The van der Waals surface area contributed by atoms with Crippen molar-refractivity contribution in [1.29, 1.82) is 0 Å². The van der Waals surface area contributed by atoms with Crippen molar-refractivity contribution in [2.75, 3.05) is 14.2 Å². The molecule has 0 radical (unpaired) electrons. The Balaban J connectivity index is -0.0000000231. The summed E-state index contributed by atoms with van der Waals surface area (Å²) in [4.78, 5) is 2.50. The van der Waals surface area contributed by atoms with Crippen LogP contribution in [0.1, 0.15) is 0 Å². The molecule has 124 valence electrons. The monoisotopic (exact) mass is 457 g/mol. The number of rotatable bonds is 4. The summed E-state index contributed by atoms with van der Waals surface area (Å²) in [6.07, 6.45) is -2.41. The fourth-order valence-corrected chi connectivity index (χ4v) is 0.0770. The Labute approximate surface area is 158 Å². The van der Waals surface area contributed by atoms with Gasteiger partial charge in [0, 0.05) is 26.2 Å². The van der Waals surface area contributed by atoms with Crippen LogP contribution in [0.25, 0.3) is 0 Å². The van der Waals surface area contributed by atoms with Gasteiger partial charge in [0.1, 0.15) is 7.11 Å². The van der Waals surface area contributed by atoms with Crippen LogP contribution in [0, 0.1) is 33.9 Å². The minimum absolute atomic E-state index is 0. The topological polar surface area (TPSA) is 177 Å². The van der Waals surface area contributed by atoms with Crippen LogP contribution >= 0.6 is 0 Å². The summed E-state index contributed by atoms with van der Waals surface area (Å²) in [5.74, 6) is 0. The van der Waals surface area contributed by atoms with Crippen molar-refractivity contribution >= 4 is 0 Å². The molecule has 11 heteroatoms. The van der Waals surface area contributed by atoms with Crippen LogP contribution in [-0.2, 0) is 52.4 Å². The minimum Gasteiger partial charge on any atom is -0.566 e. The molecule has 0 aliphatic heterocycles. The zero-order chi connectivity index (χ0) is 14.7. The molecular formula is C9H25O9Zr2-. The summed E-state index contributed by atoms with van der Waals surface area (Å²) >= 11 is 0. The smallest absolute Gasteiger partial charge is 0.566 e. The first-order chi connectivity index (χ1) is 8.03. The second-order valence-corrected chi connectivity index (χ2v) is 1.78. The largest absolute Gasteiger partial charge is 2.00 e. The molecule has 0 amide bonds. The average molecular weight is 460 g/mol. The first kappa shape index (κ1) is 43.0. The van der Waals surface area contributed by atoms with E-state index >= 15 is 0 Å². The number of hydrogen-bond donors (Lipinski definition) is 7. The van der Waals surface area contributed by atoms with Gasteiger partial charge in [0.05, 0.1) is 0 Å². The SMILES string of the molecule is C[OH+]O.C[OH2+].O[CH-]C(O)[CH-]O.O[CH-]C(O)[CH-]O.[CH3-].[Zr+2].[Zr]. The van der Waals surface area contributed by atoms with Crippen LogP contribution < -0.4 is 0 Å². The van der Waals surface area contributed by atoms with Gasteiger partial charge in [0.2, 0.25) is 0 Å². The molecule has 0 aromatic heterocycles. The van der Waals surface area contributed by atoms with Gasteiger partial charge >= 0.3 is 26.2 Å². The van der Waals surface area contributed by atoms with Gasteiger partial charge in [0.15, 0.2) is 7.11 Å². The van der Waals surface area contributed by atoms with Gasteiger partial charge < -0.3 is 43.2 Å². The summed E-state index contributed by atoms with van der Waals surface area (Å²) in [7, 11) is 2.56. The van der Waals surface area contributed by atoms with Crippen molar-refractivity contribution in [2.24, 2.45) is 0 Å². The molecule has 0 aromatic rings. The predicted molar refractivity (Wildman–Crippen MR) is 63.7 cm³/mol. The second kappa shape index (κ2) is 49.9. The molecule has 0 rings (SSSR count). The normalized spacial score (nSPS) is 7.20. The third-order valence-electron chi connectivity index (χ3n) is 0.611. The Kier molecular flexibility index (Phi) is 107. The van der Waals surface area contributed by atoms with Crippen molar-refractivity contribution in [2.45, 2.75) is 12.2 Å². The maximum absolute atomic E-state index is 8.06. The zero-order valence-corrected chi connectivity index (χ0v) is 16.5. The predicted octanol–water partition coefficient (Wildman–Crippen LogP) is -1.76. The van der Waals surface area contributed by atoms with Crippen LogP contribution in [0.15, 0.2) is 0 Å². The number of aliphatic hydroxyl groups is 7. The van der Waals surface area contributed by atoms with Crippen LogP contribution in [0.5, 0.6) is 0 Å². The molecule has 0 saturated heterocycles. The summed E-state index contributed by atoms with van der Waals surface area (Å²) in [5.41, 5.74) is 0. The van der Waals surface area contributed by atoms with E-state index in [9.17, 15) is 0 Å². The van der Waals surface area contributed by atoms with Crippen LogP contribution in [0.3, 0.4) is 0 Å². The Morgan fingerprint density at radius 3 is 0.950 bits per heavy atom. The quantitative estimate of drug-likeness (QED) is 0.113. The molecule has 0 heterocycles. The van der Waals surface area contributed by atoms with E-state index in [-0.39, 0.29) is 59.8 Å². The zero-order valence-electron chi connectivity index (χ0n) is 11.5. The van der Waals surface area contributed by atoms with Crippen LogP contribution in [0.4, 0.5) is 0 Å². The number of aliphatic hydroxyl groups excluding tert-OH is 6. The Hall–Kier alpha value is 1.41. The molecule has 20 heavy (non-hydrogen) atoms. The third-order valence-corrected chi connectivity index (χ3v) is 0.611. The van der Waals surface area contributed by atoms with E-state index in [1.54, 1.807) is 0 Å². The van der Waals surface area contributed by atoms with E-state index in [0.29, 0.717) is 26.4 Å². The van der Waals surface area contributed by atoms with Crippen LogP contribution in [-0.4, -0.2) is 72.3 Å². The minimum atomic E-state index is -1.20. The molecule has 0 fully saturated rings. The third kappa shape index (κ3) is 74.3. The van der Waals surface area contributed by atoms with E-state index < -0.39 is 12.2 Å². The summed E-state index contributed by atoms with van der Waals surface area (Å²) in [6, 6.07) is 0. The Morgan fingerprint density at radius 2 is 0.950 bits per heavy atom. The van der Waals surface area contributed by atoms with Gasteiger partial charge in [-0.1, -0.05) is 0 Å². The average Bonchev–Trinajstić information content (AvgIpc) is 2.40. The fourth-order valence-electron chi connectivity index (χ4n) is 0.0770. The maximum atomic E-state index is 8.06. The first-order valence-corrected chi connectivity index (χ1v) is 4.03. The van der Waals surface area contributed by atoms with Crippen molar-refractivity contribution < 1.29 is 98.3 Å². The van der Waals surface area contributed by atoms with E-state index in [0.717, 1.165) is 0 Å². The molecule has 0 aliphatic carbocycles. The van der Waals surface area contributed by atoms with E-state index in [2.05, 4.69) is 4.89 Å². The molecule has 10 N–H and O–H groups in total. The van der Waals surface area contributed by atoms with Gasteiger partial charge in [-0.15, -0.1) is 5.26 Å². The summed E-state index contributed by atoms with van der Waals surface area (Å²) in [6.45, 7) is 1.89. The fraction of sp³-hybridized carbons (Fsp3) is 0.444. The van der Waals surface area contributed by atoms with Gasteiger partial charge in [-0.05, 0) is 0 Å². The van der Waals surface area contributed by atoms with Crippen molar-refractivity contribution in [1.82, 2.24) is 0 Å². The Morgan fingerprint density at radius 1 is 0.850 bits per heavy atom. The number of hydrogen-bond acceptors (Lipinski definition) is 7. The molecule has 0 aliphatic rings. The van der Waals surface area contributed by atoms with Gasteiger partial charge in [-0.3, -0.25) is 4.89 Å². The summed E-state index contributed by atoms with van der Waals surface area (Å²) < 4.78 is 0. The molecule has 0 atom stereocenters. The molecule has 0 aromatic carbocycles. The Bertz CT molecular complexity index is 85.5. The van der Waals surface area contributed by atoms with Crippen molar-refractivity contribution in [3.63, 3.8) is 0 Å². The molecular weight excluding hydrogens is 435 g/mol. The van der Waals surface area contributed by atoms with Gasteiger partial charge in [0.25, 0.3) is 0 Å². The van der Waals surface area contributed by atoms with E-state index in [4.69, 9.17) is 41.0 Å². The van der Waals surface area contributed by atoms with E-state index in [1.165, 1.54) is 14.2 Å². The molecule has 0 unspecified atom stereocenters. The van der Waals surface area contributed by atoms with Crippen molar-refractivity contribution in [3.8, 4) is 0 Å². The second-order valence-electron chi connectivity index (χ2n) is 1.78. The molecule has 0 bridgehead atoms. The van der Waals surface area contributed by atoms with Crippen LogP contribution in [0.2, 0.25) is 0 Å². The standard InChI is InChI=1S/2C3H6O3.CH4O2.CH4O.CH3.2Zr/c2*4-1-3(6)2-5;1-3-2;1-2;;;/h2*1-6H;2H,1H3;2H,1H3;1H3;;/q2*-2;;;-1;;+2/p+2. The molecule has 0 saturated carbocycles. The maximum Gasteiger partial charge on any atom is 2.00 e. The molecule has 0 spiro atoms.